The number of nitrogen functional groups attached to an aromatic ring is 6. The molecule has 0 radical (unpaired) electrons. The predicted octanol–water partition coefficient (Wildman–Crippen LogP) is 0.810. The van der Waals surface area contributed by atoms with Crippen LogP contribution in [0.5, 0.6) is 0 Å². The fourth-order valence-electron chi connectivity index (χ4n) is 16.0. The highest BCUT2D eigenvalue weighted by Crippen LogP contribution is 2.59. The Balaban J connectivity index is 0.000000128. The maximum absolute atomic E-state index is 15.9. The topological polar surface area (TPSA) is 829 Å². The van der Waals surface area contributed by atoms with Gasteiger partial charge in [0.2, 0.25) is 17.8 Å². The zero-order chi connectivity index (χ0) is 92.9. The molecule has 0 amide bonds. The van der Waals surface area contributed by atoms with E-state index in [0.29, 0.717) is 16.9 Å². The second kappa shape index (κ2) is 34.7. The lowest BCUT2D eigenvalue weighted by Gasteiger charge is -2.25. The van der Waals surface area contributed by atoms with Gasteiger partial charge in [-0.2, -0.15) is 15.0 Å². The lowest BCUT2D eigenvalue weighted by atomic mass is 10.1. The number of phosphoric ester groups is 6. The monoisotopic (exact) mass is 1980 g/mol. The number of rotatable bonds is 6. The van der Waals surface area contributed by atoms with Gasteiger partial charge in [0, 0.05) is 37.9 Å². The van der Waals surface area contributed by atoms with Crippen molar-refractivity contribution in [2.75, 3.05) is 74.0 Å². The molecule has 9 aliphatic heterocycles. The first-order chi connectivity index (χ1) is 62.7. The zero-order valence-corrected chi connectivity index (χ0v) is 71.8. The number of fused-ring (bicyclic) bond motifs is 15. The number of pyridine rings is 3. The lowest BCUT2D eigenvalue weighted by molar-refractivity contribution is -0.0670. The van der Waals surface area contributed by atoms with Gasteiger partial charge in [0.15, 0.2) is 100 Å². The summed E-state index contributed by atoms with van der Waals surface area (Å²) < 4.78 is 231. The Morgan fingerprint density at radius 1 is 0.318 bits per heavy atom. The van der Waals surface area contributed by atoms with Gasteiger partial charge in [0.1, 0.15) is 83.8 Å². The summed E-state index contributed by atoms with van der Waals surface area (Å²) in [5.41, 5.74) is 34.6. The summed E-state index contributed by atoms with van der Waals surface area (Å²) in [7, 11) is -29.9. The number of hydrogen-bond acceptors (Lipinski definition) is 45. The first kappa shape index (κ1) is 91.1. The van der Waals surface area contributed by atoms with Crippen LogP contribution in [0.25, 0.3) is 67.0 Å². The van der Waals surface area contributed by atoms with Gasteiger partial charge in [-0.3, -0.25) is 111 Å². The van der Waals surface area contributed by atoms with Crippen molar-refractivity contribution in [1.82, 2.24) is 102 Å². The molecule has 9 fully saturated rings. The summed E-state index contributed by atoms with van der Waals surface area (Å²) in [5, 5.41) is 0. The highest BCUT2D eigenvalue weighted by Gasteiger charge is 2.58. The molecular weight excluding hydrogens is 1910 g/mol. The molecule has 708 valence electrons. The van der Waals surface area contributed by atoms with Gasteiger partial charge in [0.05, 0.1) is 107 Å². The van der Waals surface area contributed by atoms with Crippen LogP contribution in [-0.4, -0.2) is 263 Å². The quantitative estimate of drug-likeness (QED) is 0.102. The van der Waals surface area contributed by atoms with E-state index in [1.165, 1.54) is 76.1 Å². The van der Waals surface area contributed by atoms with Crippen LogP contribution >= 0.6 is 46.9 Å². The molecule has 0 saturated carbocycles. The fraction of sp³-hybridized carbons (Fsp3) is 0.476. The van der Waals surface area contributed by atoms with Crippen molar-refractivity contribution < 1.29 is 153 Å². The van der Waals surface area contributed by atoms with Crippen LogP contribution in [0.15, 0.2) is 89.1 Å². The largest absolute Gasteiger partial charge is 0.472 e. The number of halogens is 3. The molecule has 0 spiro atoms. The van der Waals surface area contributed by atoms with E-state index in [-0.39, 0.29) is 104 Å². The summed E-state index contributed by atoms with van der Waals surface area (Å²) in [6.07, 6.45) is -20.5. The molecule has 21 heterocycles. The van der Waals surface area contributed by atoms with Crippen LogP contribution in [0.2, 0.25) is 0 Å². The first-order valence-electron chi connectivity index (χ1n) is 38.8. The number of nitrogens with one attached hydrogen (secondary N) is 3. The average Bonchev–Trinajstić information content (AvgIpc) is 1.62. The van der Waals surface area contributed by atoms with Crippen LogP contribution < -0.4 is 51.1 Å². The molecule has 27 atom stereocenters. The second-order valence-corrected chi connectivity index (χ2v) is 38.8. The number of imidazole rings is 6. The number of nitrogens with zero attached hydrogens (tertiary/aromatic N) is 18. The average molecular weight is 1980 g/mol. The number of anilines is 6. The molecule has 12 aromatic rings. The third-order valence-corrected chi connectivity index (χ3v) is 27.8. The molecule has 9 unspecified atom stereocenters. The van der Waals surface area contributed by atoms with Gasteiger partial charge >= 0.3 is 46.9 Å². The van der Waals surface area contributed by atoms with Crippen molar-refractivity contribution in [3.63, 3.8) is 0 Å². The highest BCUT2D eigenvalue weighted by atomic mass is 31.2. The van der Waals surface area contributed by atoms with E-state index in [1.807, 2.05) is 0 Å². The van der Waals surface area contributed by atoms with Gasteiger partial charge in [0.25, 0.3) is 16.7 Å². The number of phosphoric acid groups is 6. The summed E-state index contributed by atoms with van der Waals surface area (Å²) in [6, 6.07) is 4.55. The standard InChI is InChI=1S/C21H23F2N9O11P2.C21H24FN9O11P2.C21H25N9O11P2/c22-10-8-3-38-44(34,35)42-14-9(41-19(11(14)23)31-5-27-12-7(24)1-2-26-16(12)31)4-39-45(36,37)43-15(10)20(40-8)32-6-28-13-17(32)29-21(25)30-18(13)33;22-12-15-11(40-20(12)30-6-26-13-9(23)1-2-25-16(13)30)5-38-43(33,34)41-10-3-8(4-37-44(35,36)42-15)39-19(10)31-7-27-14-17(31)28-21(24)29-18(14)32;22-10-1-2-24-17-15(10)25-7-29(17)14-4-11-13(39-14)6-37-43(34,35)41-12-3-9(5-36-42(32,33)40-11)38-20(12)30-8-26-16-18(30)27-21(23)28-19(16)31/h1-2,5-6,8-11,14-15,19-20H,3-4H2,(H2,24,26)(H,34,35)(H,36,37)(H3,25,29,30,33);1-2,6-8,10-12,15,19-20H,3-5H2,(H2,23,25)(H,33,34)(H,35,36)(H3,24,28,29,32);1-2,7-9,11-14,20H,3-6H2,(H2,22,24)(H,32,33)(H,34,35)(H3,23,27,28,31)/t8-,9-,10?,11+,14?,15+,19-,20-;8-,10-,11+,12-,15?,19+,20+;9-,11-,12+,13+,14+,20+/m100/s1. The van der Waals surface area contributed by atoms with Crippen LogP contribution in [0.1, 0.15) is 56.6 Å². The Hall–Kier alpha value is -10.1. The van der Waals surface area contributed by atoms with Gasteiger partial charge in [-0.15, -0.1) is 0 Å². The molecule has 21 N–H and O–H groups in total. The molecule has 12 aromatic heterocycles. The smallest absolute Gasteiger partial charge is 0.397 e. The molecule has 6 bridgehead atoms. The molecule has 0 aromatic carbocycles. The van der Waals surface area contributed by atoms with E-state index in [1.54, 1.807) is 10.6 Å². The number of alkyl halides is 3. The molecule has 21 rings (SSSR count). The van der Waals surface area contributed by atoms with Crippen LogP contribution in [-0.2, 0) is 110 Å². The maximum Gasteiger partial charge on any atom is 0.472 e. The minimum Gasteiger partial charge on any atom is -0.397 e. The summed E-state index contributed by atoms with van der Waals surface area (Å²) in [5.74, 6) is -0.745. The van der Waals surface area contributed by atoms with Crippen LogP contribution in [0, 0.1) is 0 Å². The summed E-state index contributed by atoms with van der Waals surface area (Å²) in [4.78, 5) is 156. The highest BCUT2D eigenvalue weighted by molar-refractivity contribution is 7.48. The molecule has 9 aliphatic rings. The van der Waals surface area contributed by atoms with E-state index in [0.717, 1.165) is 15.5 Å². The second-order valence-electron chi connectivity index (χ2n) is 30.4. The van der Waals surface area contributed by atoms with E-state index in [2.05, 4.69) is 74.8 Å². The van der Waals surface area contributed by atoms with Gasteiger partial charge in [-0.1, -0.05) is 0 Å². The maximum atomic E-state index is 15.9. The Morgan fingerprint density at radius 3 is 1.03 bits per heavy atom. The van der Waals surface area contributed by atoms with Gasteiger partial charge < -0.3 is 92.2 Å². The Bertz CT molecular complexity index is 7000. The van der Waals surface area contributed by atoms with E-state index >= 15 is 13.2 Å². The van der Waals surface area contributed by atoms with Crippen molar-refractivity contribution in [3.8, 4) is 0 Å². The minimum atomic E-state index is -5.23. The van der Waals surface area contributed by atoms with Crippen molar-refractivity contribution >= 4 is 149 Å². The predicted molar refractivity (Wildman–Crippen MR) is 429 cm³/mol. The number of hydrogen-bond donors (Lipinski definition) is 15. The Kier molecular flexibility index (Phi) is 23.9. The SMILES string of the molecule is Nc1nc2c(ncn2[C@@H]2O[C@@H]3COP(=O)(O)OC4[C@@H](COP(=O)(O)O[C@H]2C3)O[C@@H](n2cnc3c(N)ccnc32)[C@H]4F)c(=O)[nH]1.Nc1nc2c(ncn2[C@@H]2O[C@@H]3COP(=O)(O)OC4[C@@H](COP(=O)(O)O[C@H]2C3F)O[C@@H](n2cnc3c(N)ccnc32)[C@H]4F)c(=O)[nH]1.Nc1nc2c(ncn2[C@@H]2O[C@@H]3COP(=O)(O)O[C@H]4C[C@H](n5cnc6c(N)ccnc65)O[C@@H]4COP(=O)(O)O[C@@H]2C3)c(=O)[nH]1. The van der Waals surface area contributed by atoms with Crippen LogP contribution in [0.3, 0.4) is 0 Å². The third kappa shape index (κ3) is 17.9. The Labute approximate surface area is 729 Å². The van der Waals surface area contributed by atoms with Crippen molar-refractivity contribution in [3.05, 3.63) is 106 Å². The van der Waals surface area contributed by atoms with Gasteiger partial charge in [-0.05, 0) is 18.2 Å². The molecule has 132 heavy (non-hydrogen) atoms. The molecular formula is C63H72F3N27O33P6. The number of ether oxygens (including phenoxy) is 6. The first-order valence-corrected chi connectivity index (χ1v) is 47.8. The molecule has 0 aliphatic carbocycles. The lowest BCUT2D eigenvalue weighted by Crippen LogP contribution is -2.34. The number of aromatic amines is 3. The van der Waals surface area contributed by atoms with E-state index < -0.39 is 232 Å². The van der Waals surface area contributed by atoms with E-state index in [4.69, 9.17) is 117 Å². The van der Waals surface area contributed by atoms with E-state index in [9.17, 15) is 71.1 Å². The number of nitrogens with two attached hydrogens (primary N) is 6. The number of aromatic nitrogens is 21. The molecule has 60 nitrogen and oxygen atoms in total. The fourth-order valence-corrected chi connectivity index (χ4v) is 21.7. The third-order valence-electron chi connectivity index (χ3n) is 21.8. The Morgan fingerprint density at radius 2 is 0.629 bits per heavy atom. The number of H-pyrrole nitrogens is 3. The summed E-state index contributed by atoms with van der Waals surface area (Å²) in [6.45, 7) is -4.35. The van der Waals surface area contributed by atoms with Crippen molar-refractivity contribution in [2.24, 2.45) is 0 Å². The molecule has 69 heteroatoms. The summed E-state index contributed by atoms with van der Waals surface area (Å²) >= 11 is 0. The minimum absolute atomic E-state index is 0.00799. The normalized spacial score (nSPS) is 36.6. The van der Waals surface area contributed by atoms with Crippen LogP contribution in [0.4, 0.5) is 48.1 Å². The molecule has 9 saturated heterocycles. The van der Waals surface area contributed by atoms with Gasteiger partial charge in [-0.25, -0.2) is 85.4 Å². The van der Waals surface area contributed by atoms with Crippen molar-refractivity contribution in [1.29, 1.82) is 0 Å². The van der Waals surface area contributed by atoms with Crippen molar-refractivity contribution in [2.45, 2.75) is 148 Å². The zero-order valence-electron chi connectivity index (χ0n) is 66.5.